The van der Waals surface area contributed by atoms with Crippen molar-refractivity contribution in [2.75, 3.05) is 33.3 Å². The van der Waals surface area contributed by atoms with E-state index in [-0.39, 0.29) is 18.4 Å². The van der Waals surface area contributed by atoms with Crippen molar-refractivity contribution in [3.63, 3.8) is 0 Å². The lowest BCUT2D eigenvalue weighted by Gasteiger charge is -2.39. The van der Waals surface area contributed by atoms with Crippen LogP contribution in [-0.4, -0.2) is 63.3 Å². The summed E-state index contributed by atoms with van der Waals surface area (Å²) in [7, 11) is 1.69. The van der Waals surface area contributed by atoms with Crippen molar-refractivity contribution in [1.82, 2.24) is 30.0 Å². The maximum atomic E-state index is 5.39. The zero-order valence-electron chi connectivity index (χ0n) is 19.2. The molecule has 1 saturated heterocycles. The second kappa shape index (κ2) is 11.6. The maximum Gasteiger partial charge on any atom is 0.173 e. The van der Waals surface area contributed by atoms with Gasteiger partial charge in [0.2, 0.25) is 0 Å². The predicted octanol–water partition coefficient (Wildman–Crippen LogP) is 4.12. The van der Waals surface area contributed by atoms with Gasteiger partial charge in [0.25, 0.3) is 0 Å². The molecule has 0 aliphatic carbocycles. The van der Waals surface area contributed by atoms with E-state index >= 15 is 0 Å². The highest BCUT2D eigenvalue weighted by Gasteiger charge is 2.30. The molecule has 1 unspecified atom stereocenters. The van der Waals surface area contributed by atoms with Gasteiger partial charge in [-0.3, -0.25) is 9.80 Å². The second-order valence-electron chi connectivity index (χ2n) is 8.25. The van der Waals surface area contributed by atoms with Crippen molar-refractivity contribution in [2.45, 2.75) is 19.1 Å². The largest absolute Gasteiger partial charge is 0.497 e. The van der Waals surface area contributed by atoms with Gasteiger partial charge in [-0.1, -0.05) is 48.5 Å². The fraction of sp³-hybridized carbons (Fsp3) is 0.320. The molecule has 9 heteroatoms. The summed E-state index contributed by atoms with van der Waals surface area (Å²) in [6.07, 6.45) is 0. The first kappa shape index (κ1) is 24.3. The van der Waals surface area contributed by atoms with Crippen LogP contribution in [0.2, 0.25) is 0 Å². The SMILES string of the molecule is COc1ccc(C(c2nnnn2Cc2cccs2)N2CCN(Cc3ccccc3)CC2)cc1.Cl. The summed E-state index contributed by atoms with van der Waals surface area (Å²) in [5, 5.41) is 15.0. The van der Waals surface area contributed by atoms with Crippen LogP contribution in [0.5, 0.6) is 5.75 Å². The first-order chi connectivity index (χ1) is 16.3. The van der Waals surface area contributed by atoms with Crippen molar-refractivity contribution in [3.05, 3.63) is 93.9 Å². The summed E-state index contributed by atoms with van der Waals surface area (Å²) >= 11 is 1.73. The van der Waals surface area contributed by atoms with E-state index in [2.05, 4.69) is 85.3 Å². The van der Waals surface area contributed by atoms with Crippen molar-refractivity contribution >= 4 is 23.7 Å². The van der Waals surface area contributed by atoms with Crippen LogP contribution >= 0.6 is 23.7 Å². The van der Waals surface area contributed by atoms with Gasteiger partial charge in [0, 0.05) is 37.6 Å². The average molecular weight is 497 g/mol. The van der Waals surface area contributed by atoms with Crippen molar-refractivity contribution < 1.29 is 4.74 Å². The molecular weight excluding hydrogens is 468 g/mol. The van der Waals surface area contributed by atoms with Gasteiger partial charge >= 0.3 is 0 Å². The molecule has 178 valence electrons. The lowest BCUT2D eigenvalue weighted by molar-refractivity contribution is 0.100. The number of aromatic nitrogens is 4. The molecule has 5 rings (SSSR count). The molecule has 4 aromatic rings. The molecule has 2 aromatic carbocycles. The Morgan fingerprint density at radius 3 is 2.35 bits per heavy atom. The quantitative estimate of drug-likeness (QED) is 0.366. The minimum Gasteiger partial charge on any atom is -0.497 e. The fourth-order valence-corrected chi connectivity index (χ4v) is 5.09. The lowest BCUT2D eigenvalue weighted by atomic mass is 10.0. The van der Waals surface area contributed by atoms with E-state index in [0.717, 1.165) is 44.3 Å². The third-order valence-corrected chi connectivity index (χ3v) is 7.00. The lowest BCUT2D eigenvalue weighted by Crippen LogP contribution is -2.47. The van der Waals surface area contributed by atoms with Gasteiger partial charge in [-0.05, 0) is 45.1 Å². The Labute approximate surface area is 210 Å². The van der Waals surface area contributed by atoms with E-state index in [9.17, 15) is 0 Å². The van der Waals surface area contributed by atoms with Gasteiger partial charge in [-0.15, -0.1) is 28.8 Å². The minimum absolute atomic E-state index is 0. The Morgan fingerprint density at radius 2 is 1.68 bits per heavy atom. The van der Waals surface area contributed by atoms with Gasteiger partial charge in [0.15, 0.2) is 5.82 Å². The molecule has 1 atom stereocenters. The Hall–Kier alpha value is -2.78. The van der Waals surface area contributed by atoms with E-state index in [1.807, 2.05) is 16.8 Å². The number of ether oxygens (including phenoxy) is 1. The normalized spacial score (nSPS) is 15.6. The van der Waals surface area contributed by atoms with Crippen LogP contribution in [0.4, 0.5) is 0 Å². The molecule has 0 amide bonds. The van der Waals surface area contributed by atoms with Crippen molar-refractivity contribution in [2.24, 2.45) is 0 Å². The number of hydrogen-bond donors (Lipinski definition) is 0. The Bertz CT molecular complexity index is 1130. The molecule has 0 bridgehead atoms. The molecular formula is C25H29ClN6OS. The highest BCUT2D eigenvalue weighted by atomic mass is 35.5. The number of thiophene rings is 1. The minimum atomic E-state index is -0.00950. The van der Waals surface area contributed by atoms with Gasteiger partial charge in [-0.25, -0.2) is 4.68 Å². The molecule has 0 saturated carbocycles. The van der Waals surface area contributed by atoms with Crippen LogP contribution in [0.3, 0.4) is 0 Å². The number of methoxy groups -OCH3 is 1. The number of hydrogen-bond acceptors (Lipinski definition) is 7. The standard InChI is InChI=1S/C25H28N6OS.ClH/c1-32-22-11-9-21(10-12-22)24(25-26-27-28-31(25)19-23-8-5-17-33-23)30-15-13-29(14-16-30)18-20-6-3-2-4-7-20;/h2-12,17,24H,13-16,18-19H2,1H3;1H. The predicted molar refractivity (Wildman–Crippen MR) is 137 cm³/mol. The van der Waals surface area contributed by atoms with E-state index in [1.165, 1.54) is 16.0 Å². The number of rotatable bonds is 8. The first-order valence-electron chi connectivity index (χ1n) is 11.2. The molecule has 7 nitrogen and oxygen atoms in total. The third kappa shape index (κ3) is 5.64. The van der Waals surface area contributed by atoms with Gasteiger partial charge in [0.1, 0.15) is 5.75 Å². The Balaban J connectivity index is 0.00000274. The molecule has 0 spiro atoms. The van der Waals surface area contributed by atoms with Gasteiger partial charge in [0.05, 0.1) is 19.7 Å². The third-order valence-electron chi connectivity index (χ3n) is 6.14. The van der Waals surface area contributed by atoms with Crippen LogP contribution < -0.4 is 4.74 Å². The number of piperazine rings is 1. The first-order valence-corrected chi connectivity index (χ1v) is 12.1. The number of benzene rings is 2. The van der Waals surface area contributed by atoms with Gasteiger partial charge < -0.3 is 4.74 Å². The van der Waals surface area contributed by atoms with Crippen LogP contribution in [0, 0.1) is 0 Å². The average Bonchev–Trinajstić information content (AvgIpc) is 3.54. The Kier molecular flexibility index (Phi) is 8.29. The summed E-state index contributed by atoms with van der Waals surface area (Å²) in [5.41, 5.74) is 2.53. The highest BCUT2D eigenvalue weighted by molar-refractivity contribution is 7.09. The fourth-order valence-electron chi connectivity index (χ4n) is 4.40. The van der Waals surface area contributed by atoms with Crippen LogP contribution in [-0.2, 0) is 13.1 Å². The molecule has 2 aromatic heterocycles. The molecule has 0 N–H and O–H groups in total. The second-order valence-corrected chi connectivity index (χ2v) is 9.28. The summed E-state index contributed by atoms with van der Waals surface area (Å²) in [6, 6.07) is 23.2. The molecule has 0 radical (unpaired) electrons. The summed E-state index contributed by atoms with van der Waals surface area (Å²) in [4.78, 5) is 6.26. The smallest absolute Gasteiger partial charge is 0.173 e. The van der Waals surface area contributed by atoms with Crippen molar-refractivity contribution in [1.29, 1.82) is 0 Å². The topological polar surface area (TPSA) is 59.3 Å². The van der Waals surface area contributed by atoms with Crippen LogP contribution in [0.1, 0.15) is 27.9 Å². The van der Waals surface area contributed by atoms with E-state index < -0.39 is 0 Å². The Morgan fingerprint density at radius 1 is 0.912 bits per heavy atom. The molecule has 1 aliphatic rings. The highest BCUT2D eigenvalue weighted by Crippen LogP contribution is 2.30. The molecule has 1 fully saturated rings. The van der Waals surface area contributed by atoms with Crippen molar-refractivity contribution in [3.8, 4) is 5.75 Å². The monoisotopic (exact) mass is 496 g/mol. The molecule has 3 heterocycles. The van der Waals surface area contributed by atoms with E-state index in [0.29, 0.717) is 6.54 Å². The molecule has 34 heavy (non-hydrogen) atoms. The zero-order valence-corrected chi connectivity index (χ0v) is 20.8. The zero-order chi connectivity index (χ0) is 22.5. The van der Waals surface area contributed by atoms with E-state index in [1.54, 1.807) is 18.4 Å². The summed E-state index contributed by atoms with van der Waals surface area (Å²) in [6.45, 7) is 5.59. The van der Waals surface area contributed by atoms with Gasteiger partial charge in [-0.2, -0.15) is 0 Å². The number of nitrogens with zero attached hydrogens (tertiary/aromatic N) is 6. The number of halogens is 1. The summed E-state index contributed by atoms with van der Waals surface area (Å²) in [5.74, 6) is 1.73. The van der Waals surface area contributed by atoms with E-state index in [4.69, 9.17) is 4.74 Å². The van der Waals surface area contributed by atoms with Crippen LogP contribution in [0.15, 0.2) is 72.1 Å². The van der Waals surface area contributed by atoms with Crippen LogP contribution in [0.25, 0.3) is 0 Å². The summed E-state index contributed by atoms with van der Waals surface area (Å²) < 4.78 is 7.33. The maximum absolute atomic E-state index is 5.39. The molecule has 1 aliphatic heterocycles. The number of tetrazole rings is 1.